The Labute approximate surface area is 83.3 Å². The van der Waals surface area contributed by atoms with Crippen LogP contribution in [-0.2, 0) is 12.8 Å². The van der Waals surface area contributed by atoms with E-state index >= 15 is 0 Å². The van der Waals surface area contributed by atoms with E-state index in [2.05, 4.69) is 12.2 Å². The number of halogens is 1. The molecular weight excluding hydrogens is 177 g/mol. The molecule has 0 radical (unpaired) electrons. The predicted octanol–water partition coefficient (Wildman–Crippen LogP) is 2.35. The van der Waals surface area contributed by atoms with Gasteiger partial charge in [-0.2, -0.15) is 0 Å². The number of nitrogens with one attached hydrogen (secondary N) is 1. The van der Waals surface area contributed by atoms with Crippen LogP contribution in [0.2, 0.25) is 0 Å². The standard InChI is InChI=1S/C12H14FN/c1-7-4-9-6-10(13)5-8-2-3-11(14-7)12(8)9/h5-7,11,14H,2-4H2,1H3. The van der Waals surface area contributed by atoms with E-state index in [0.29, 0.717) is 12.1 Å². The molecule has 1 nitrogen and oxygen atoms in total. The molecule has 2 atom stereocenters. The fourth-order valence-electron chi connectivity index (χ4n) is 2.90. The van der Waals surface area contributed by atoms with Gasteiger partial charge in [0.1, 0.15) is 5.82 Å². The summed E-state index contributed by atoms with van der Waals surface area (Å²) in [6.45, 7) is 2.17. The number of aryl methyl sites for hydroxylation is 1. The number of benzene rings is 1. The molecule has 1 N–H and O–H groups in total. The highest BCUT2D eigenvalue weighted by molar-refractivity contribution is 5.43. The smallest absolute Gasteiger partial charge is 0.123 e. The molecule has 1 aliphatic carbocycles. The van der Waals surface area contributed by atoms with Crippen molar-refractivity contribution in [1.82, 2.24) is 5.32 Å². The van der Waals surface area contributed by atoms with E-state index in [1.165, 1.54) is 16.7 Å². The lowest BCUT2D eigenvalue weighted by Gasteiger charge is -2.28. The number of hydrogen-bond acceptors (Lipinski definition) is 1. The van der Waals surface area contributed by atoms with Gasteiger partial charge in [-0.1, -0.05) is 0 Å². The van der Waals surface area contributed by atoms with Crippen molar-refractivity contribution in [3.63, 3.8) is 0 Å². The third-order valence-electron chi connectivity index (χ3n) is 3.38. The fourth-order valence-corrected chi connectivity index (χ4v) is 2.90. The zero-order valence-electron chi connectivity index (χ0n) is 8.31. The van der Waals surface area contributed by atoms with Gasteiger partial charge in [0.05, 0.1) is 0 Å². The highest BCUT2D eigenvalue weighted by atomic mass is 19.1. The van der Waals surface area contributed by atoms with E-state index < -0.39 is 0 Å². The minimum atomic E-state index is -0.0616. The Balaban J connectivity index is 2.18. The molecule has 0 saturated carbocycles. The van der Waals surface area contributed by atoms with Crippen molar-refractivity contribution in [2.45, 2.75) is 38.3 Å². The maximum atomic E-state index is 13.3. The largest absolute Gasteiger partial charge is 0.307 e. The second-order valence-electron chi connectivity index (χ2n) is 4.50. The summed E-state index contributed by atoms with van der Waals surface area (Å²) >= 11 is 0. The van der Waals surface area contributed by atoms with E-state index in [-0.39, 0.29) is 5.82 Å². The Hall–Kier alpha value is -0.890. The Bertz CT molecular complexity index is 386. The summed E-state index contributed by atoms with van der Waals surface area (Å²) in [4.78, 5) is 0. The lowest BCUT2D eigenvalue weighted by molar-refractivity contribution is 0.423. The highest BCUT2D eigenvalue weighted by Crippen LogP contribution is 2.38. The van der Waals surface area contributed by atoms with Gasteiger partial charge >= 0.3 is 0 Å². The van der Waals surface area contributed by atoms with Crippen LogP contribution >= 0.6 is 0 Å². The molecular formula is C12H14FN. The van der Waals surface area contributed by atoms with Crippen molar-refractivity contribution in [3.8, 4) is 0 Å². The maximum absolute atomic E-state index is 13.3. The van der Waals surface area contributed by atoms with Crippen LogP contribution in [0.1, 0.15) is 36.1 Å². The summed E-state index contributed by atoms with van der Waals surface area (Å²) in [5.41, 5.74) is 3.85. The summed E-state index contributed by atoms with van der Waals surface area (Å²) in [5.74, 6) is -0.0616. The topological polar surface area (TPSA) is 12.0 Å². The molecule has 0 bridgehead atoms. The molecule has 74 valence electrons. The third-order valence-corrected chi connectivity index (χ3v) is 3.38. The van der Waals surface area contributed by atoms with Gasteiger partial charge in [0, 0.05) is 12.1 Å². The quantitative estimate of drug-likeness (QED) is 0.663. The molecule has 1 heterocycles. The van der Waals surface area contributed by atoms with Crippen LogP contribution in [0.3, 0.4) is 0 Å². The van der Waals surface area contributed by atoms with Crippen LogP contribution in [0.4, 0.5) is 4.39 Å². The molecule has 2 aliphatic rings. The summed E-state index contributed by atoms with van der Waals surface area (Å²) in [6.07, 6.45) is 3.14. The zero-order valence-corrected chi connectivity index (χ0v) is 8.31. The second kappa shape index (κ2) is 2.80. The Morgan fingerprint density at radius 2 is 2.14 bits per heavy atom. The summed E-state index contributed by atoms with van der Waals surface area (Å²) in [6, 6.07) is 4.40. The molecule has 0 fully saturated rings. The minimum Gasteiger partial charge on any atom is -0.307 e. The van der Waals surface area contributed by atoms with Crippen LogP contribution in [0.5, 0.6) is 0 Å². The number of hydrogen-bond donors (Lipinski definition) is 1. The molecule has 0 amide bonds. The van der Waals surface area contributed by atoms with E-state index in [9.17, 15) is 4.39 Å². The Morgan fingerprint density at radius 1 is 1.36 bits per heavy atom. The van der Waals surface area contributed by atoms with Crippen molar-refractivity contribution >= 4 is 0 Å². The fraction of sp³-hybridized carbons (Fsp3) is 0.500. The molecule has 2 heteroatoms. The average Bonchev–Trinajstić information content (AvgIpc) is 2.48. The van der Waals surface area contributed by atoms with Crippen molar-refractivity contribution in [2.75, 3.05) is 0 Å². The van der Waals surface area contributed by atoms with Gasteiger partial charge in [0.15, 0.2) is 0 Å². The van der Waals surface area contributed by atoms with Gasteiger partial charge in [0.2, 0.25) is 0 Å². The van der Waals surface area contributed by atoms with Crippen LogP contribution in [0.15, 0.2) is 12.1 Å². The first kappa shape index (κ1) is 8.42. The molecule has 2 unspecified atom stereocenters. The first-order valence-electron chi connectivity index (χ1n) is 5.31. The van der Waals surface area contributed by atoms with Crippen molar-refractivity contribution < 1.29 is 4.39 Å². The van der Waals surface area contributed by atoms with E-state index in [1.807, 2.05) is 0 Å². The Morgan fingerprint density at radius 3 is 3.00 bits per heavy atom. The molecule has 3 rings (SSSR count). The van der Waals surface area contributed by atoms with Crippen LogP contribution in [-0.4, -0.2) is 6.04 Å². The van der Waals surface area contributed by atoms with Crippen molar-refractivity contribution in [2.24, 2.45) is 0 Å². The molecule has 1 aliphatic heterocycles. The number of rotatable bonds is 0. The summed E-state index contributed by atoms with van der Waals surface area (Å²) in [7, 11) is 0. The van der Waals surface area contributed by atoms with Gasteiger partial charge in [0.25, 0.3) is 0 Å². The van der Waals surface area contributed by atoms with E-state index in [0.717, 1.165) is 19.3 Å². The predicted molar refractivity (Wildman–Crippen MR) is 53.8 cm³/mol. The van der Waals surface area contributed by atoms with Crippen molar-refractivity contribution in [3.05, 3.63) is 34.6 Å². The second-order valence-corrected chi connectivity index (χ2v) is 4.50. The maximum Gasteiger partial charge on any atom is 0.123 e. The SMILES string of the molecule is CC1Cc2cc(F)cc3c2C(CC3)N1. The van der Waals surface area contributed by atoms with Gasteiger partial charge < -0.3 is 5.32 Å². The Kier molecular flexibility index (Phi) is 1.68. The van der Waals surface area contributed by atoms with E-state index in [4.69, 9.17) is 0 Å². The van der Waals surface area contributed by atoms with Gasteiger partial charge in [-0.25, -0.2) is 4.39 Å². The molecule has 0 aromatic heterocycles. The lowest BCUT2D eigenvalue weighted by Crippen LogP contribution is -2.36. The molecule has 14 heavy (non-hydrogen) atoms. The molecule has 1 aromatic rings. The summed E-state index contributed by atoms with van der Waals surface area (Å²) < 4.78 is 13.3. The van der Waals surface area contributed by atoms with Crippen LogP contribution in [0, 0.1) is 5.82 Å². The monoisotopic (exact) mass is 191 g/mol. The minimum absolute atomic E-state index is 0.0616. The molecule has 0 spiro atoms. The van der Waals surface area contributed by atoms with Crippen LogP contribution in [0.25, 0.3) is 0 Å². The normalized spacial score (nSPS) is 29.0. The van der Waals surface area contributed by atoms with Gasteiger partial charge in [-0.05, 0) is 55.0 Å². The zero-order chi connectivity index (χ0) is 9.71. The van der Waals surface area contributed by atoms with E-state index in [1.54, 1.807) is 12.1 Å². The van der Waals surface area contributed by atoms with Gasteiger partial charge in [-0.3, -0.25) is 0 Å². The summed E-state index contributed by atoms with van der Waals surface area (Å²) in [5, 5.41) is 3.57. The lowest BCUT2D eigenvalue weighted by atomic mass is 9.91. The first-order valence-corrected chi connectivity index (χ1v) is 5.31. The average molecular weight is 191 g/mol. The molecule has 0 saturated heterocycles. The van der Waals surface area contributed by atoms with Crippen molar-refractivity contribution in [1.29, 1.82) is 0 Å². The molecule has 1 aromatic carbocycles. The first-order chi connectivity index (χ1) is 6.74. The third kappa shape index (κ3) is 1.10. The van der Waals surface area contributed by atoms with Crippen LogP contribution < -0.4 is 5.32 Å². The highest BCUT2D eigenvalue weighted by Gasteiger charge is 2.30. The van der Waals surface area contributed by atoms with Gasteiger partial charge in [-0.15, -0.1) is 0 Å².